The molecule has 2 aromatic carbocycles. The van der Waals surface area contributed by atoms with Gasteiger partial charge in [-0.2, -0.15) is 0 Å². The SMILES string of the molecule is CCC1(O)C(=O)OCc2c1cc1n(c2=O)Cc2cc3ccccc3nc2-1.CCCCOc1ccc(OCCCN2CCOCC2)cc1.Cl. The number of morpholine rings is 1. The second kappa shape index (κ2) is 16.0. The summed E-state index contributed by atoms with van der Waals surface area (Å²) in [7, 11) is 0. The first kappa shape index (κ1) is 35.3. The minimum Gasteiger partial charge on any atom is -0.494 e. The van der Waals surface area contributed by atoms with Crippen molar-refractivity contribution in [3.05, 3.63) is 87.7 Å². The molecule has 0 spiro atoms. The number of fused-ring (bicyclic) bond motifs is 5. The zero-order valence-corrected chi connectivity index (χ0v) is 28.4. The summed E-state index contributed by atoms with van der Waals surface area (Å²) >= 11 is 0. The molecule has 1 unspecified atom stereocenters. The second-order valence-corrected chi connectivity index (χ2v) is 12.1. The predicted molar refractivity (Wildman–Crippen MR) is 186 cm³/mol. The molecule has 5 heterocycles. The maximum Gasteiger partial charge on any atom is 0.343 e. The molecule has 0 amide bonds. The summed E-state index contributed by atoms with van der Waals surface area (Å²) in [4.78, 5) is 32.3. The van der Waals surface area contributed by atoms with Crippen LogP contribution >= 0.6 is 12.4 Å². The molecule has 0 saturated carbocycles. The number of rotatable bonds is 10. The fraction of sp³-hybridized carbons (Fsp3) is 0.432. The van der Waals surface area contributed by atoms with E-state index in [4.69, 9.17) is 23.9 Å². The van der Waals surface area contributed by atoms with Crippen LogP contribution in [0.4, 0.5) is 0 Å². The van der Waals surface area contributed by atoms with E-state index < -0.39 is 11.6 Å². The Morgan fingerprint density at radius 3 is 2.31 bits per heavy atom. The number of esters is 1. The summed E-state index contributed by atoms with van der Waals surface area (Å²) in [6.07, 6.45) is 3.44. The molecule has 1 saturated heterocycles. The van der Waals surface area contributed by atoms with Crippen LogP contribution in [0.5, 0.6) is 11.5 Å². The van der Waals surface area contributed by atoms with Crippen molar-refractivity contribution in [1.29, 1.82) is 0 Å². The van der Waals surface area contributed by atoms with Crippen LogP contribution in [0.15, 0.2) is 65.5 Å². The third kappa shape index (κ3) is 7.52. The highest BCUT2D eigenvalue weighted by molar-refractivity contribution is 5.86. The molecule has 1 fully saturated rings. The summed E-state index contributed by atoms with van der Waals surface area (Å²) in [6, 6.07) is 19.5. The third-order valence-electron chi connectivity index (χ3n) is 9.00. The van der Waals surface area contributed by atoms with Gasteiger partial charge in [-0.05, 0) is 61.7 Å². The van der Waals surface area contributed by atoms with Gasteiger partial charge in [-0.25, -0.2) is 9.78 Å². The second-order valence-electron chi connectivity index (χ2n) is 12.1. The van der Waals surface area contributed by atoms with E-state index in [1.807, 2.05) is 54.6 Å². The van der Waals surface area contributed by atoms with Crippen LogP contribution in [0.2, 0.25) is 0 Å². The summed E-state index contributed by atoms with van der Waals surface area (Å²) in [5.74, 6) is 1.13. The summed E-state index contributed by atoms with van der Waals surface area (Å²) in [6.45, 7) is 10.6. The van der Waals surface area contributed by atoms with Gasteiger partial charge in [-0.1, -0.05) is 38.5 Å². The van der Waals surface area contributed by atoms with E-state index in [0.717, 1.165) is 99.0 Å². The van der Waals surface area contributed by atoms with Crippen molar-refractivity contribution in [3.8, 4) is 22.9 Å². The van der Waals surface area contributed by atoms with Gasteiger partial charge >= 0.3 is 5.97 Å². The Balaban J connectivity index is 0.000000189. The normalized spacial score (nSPS) is 18.0. The monoisotopic (exact) mass is 677 g/mol. The number of para-hydroxylation sites is 1. The average molecular weight is 678 g/mol. The van der Waals surface area contributed by atoms with Crippen LogP contribution in [0.3, 0.4) is 0 Å². The molecule has 3 aliphatic heterocycles. The Morgan fingerprint density at radius 1 is 0.938 bits per heavy atom. The number of halogens is 1. The minimum atomic E-state index is -1.79. The first-order valence-electron chi connectivity index (χ1n) is 16.6. The molecule has 3 aliphatic rings. The molecule has 0 radical (unpaired) electrons. The van der Waals surface area contributed by atoms with Crippen molar-refractivity contribution in [2.75, 3.05) is 46.1 Å². The van der Waals surface area contributed by atoms with Crippen molar-refractivity contribution in [2.24, 2.45) is 0 Å². The number of ether oxygens (including phenoxy) is 4. The first-order chi connectivity index (χ1) is 22.9. The lowest BCUT2D eigenvalue weighted by atomic mass is 9.86. The molecule has 256 valence electrons. The number of hydrogen-bond donors (Lipinski definition) is 1. The van der Waals surface area contributed by atoms with Gasteiger partial charge in [0.25, 0.3) is 5.56 Å². The highest BCUT2D eigenvalue weighted by atomic mass is 35.5. The number of aromatic nitrogens is 2. The largest absolute Gasteiger partial charge is 0.494 e. The number of carbonyl (C=O) groups is 1. The van der Waals surface area contributed by atoms with E-state index in [2.05, 4.69) is 11.8 Å². The van der Waals surface area contributed by atoms with Gasteiger partial charge in [-0.15, -0.1) is 12.4 Å². The first-order valence-corrected chi connectivity index (χ1v) is 16.6. The van der Waals surface area contributed by atoms with Crippen molar-refractivity contribution in [2.45, 2.75) is 58.3 Å². The number of aliphatic hydroxyl groups is 1. The van der Waals surface area contributed by atoms with Crippen LogP contribution in [0.1, 0.15) is 56.2 Å². The molecule has 10 nitrogen and oxygen atoms in total. The molecule has 1 N–H and O–H groups in total. The van der Waals surface area contributed by atoms with Gasteiger partial charge in [0.05, 0.1) is 55.4 Å². The molecule has 7 rings (SSSR count). The highest BCUT2D eigenvalue weighted by Crippen LogP contribution is 2.38. The van der Waals surface area contributed by atoms with Crippen LogP contribution in [-0.2, 0) is 33.0 Å². The van der Waals surface area contributed by atoms with E-state index in [9.17, 15) is 14.7 Å². The number of pyridine rings is 2. The van der Waals surface area contributed by atoms with E-state index in [1.165, 1.54) is 0 Å². The van der Waals surface area contributed by atoms with Crippen LogP contribution < -0.4 is 15.0 Å². The molecule has 48 heavy (non-hydrogen) atoms. The molecule has 0 bridgehead atoms. The van der Waals surface area contributed by atoms with Crippen molar-refractivity contribution in [3.63, 3.8) is 0 Å². The molecule has 2 aromatic heterocycles. The smallest absolute Gasteiger partial charge is 0.343 e. The summed E-state index contributed by atoms with van der Waals surface area (Å²) in [5.41, 5.74) is 1.81. The standard InChI is InChI=1S/C20H16N2O4.C17H27NO3.ClH/c1-2-20(25)14-8-16-17-12(7-11-5-3-4-6-15(11)21-17)9-22(16)18(23)13(14)10-26-19(20)24;1-2-3-12-20-16-5-7-17(8-6-16)21-13-4-9-18-10-14-19-15-11-18;/h3-8,25H,2,9-10H2,1H3;5-8H,2-4,9-15H2,1H3;1H. The lowest BCUT2D eigenvalue weighted by Gasteiger charge is -2.31. The van der Waals surface area contributed by atoms with Gasteiger partial charge in [0.1, 0.15) is 18.1 Å². The van der Waals surface area contributed by atoms with Gasteiger partial charge < -0.3 is 28.6 Å². The van der Waals surface area contributed by atoms with Crippen molar-refractivity contribution < 1.29 is 28.8 Å². The summed E-state index contributed by atoms with van der Waals surface area (Å²) in [5, 5.41) is 11.8. The van der Waals surface area contributed by atoms with Crippen molar-refractivity contribution >= 4 is 29.3 Å². The van der Waals surface area contributed by atoms with E-state index >= 15 is 0 Å². The van der Waals surface area contributed by atoms with Crippen molar-refractivity contribution in [1.82, 2.24) is 14.5 Å². The number of benzene rings is 2. The Labute approximate surface area is 287 Å². The number of cyclic esters (lactones) is 1. The third-order valence-corrected chi connectivity index (χ3v) is 9.00. The molecule has 1 atom stereocenters. The zero-order valence-electron chi connectivity index (χ0n) is 27.6. The maximum atomic E-state index is 13.0. The van der Waals surface area contributed by atoms with Gasteiger partial charge in [0.2, 0.25) is 0 Å². The van der Waals surface area contributed by atoms with Gasteiger partial charge in [0, 0.05) is 36.1 Å². The fourth-order valence-corrected chi connectivity index (χ4v) is 6.19. The maximum absolute atomic E-state index is 13.0. The minimum absolute atomic E-state index is 0. The molecular formula is C37H44ClN3O7. The summed E-state index contributed by atoms with van der Waals surface area (Å²) < 4.78 is 23.5. The Hall–Kier alpha value is -3.96. The van der Waals surface area contributed by atoms with Gasteiger partial charge in [0.15, 0.2) is 5.60 Å². The lowest BCUT2D eigenvalue weighted by Crippen LogP contribution is -2.44. The van der Waals surface area contributed by atoms with Gasteiger partial charge in [-0.3, -0.25) is 9.69 Å². The van der Waals surface area contributed by atoms with E-state index in [0.29, 0.717) is 23.4 Å². The highest BCUT2D eigenvalue weighted by Gasteiger charge is 2.45. The number of nitrogens with zero attached hydrogens (tertiary/aromatic N) is 3. The molecule has 4 aromatic rings. The predicted octanol–water partition coefficient (Wildman–Crippen LogP) is 5.47. The van der Waals surface area contributed by atoms with E-state index in [1.54, 1.807) is 17.6 Å². The molecule has 11 heteroatoms. The van der Waals surface area contributed by atoms with E-state index in [-0.39, 0.29) is 31.0 Å². The Kier molecular flexibility index (Phi) is 11.8. The number of hydrogen-bond acceptors (Lipinski definition) is 9. The lowest BCUT2D eigenvalue weighted by molar-refractivity contribution is -0.172. The van der Waals surface area contributed by atoms with Crippen LogP contribution in [-0.4, -0.2) is 71.6 Å². The Bertz CT molecular complexity index is 1770. The Morgan fingerprint density at radius 2 is 1.62 bits per heavy atom. The molecular weight excluding hydrogens is 634 g/mol. The molecule has 0 aliphatic carbocycles. The van der Waals surface area contributed by atoms with Crippen LogP contribution in [0.25, 0.3) is 22.3 Å². The number of carbonyl (C=O) groups excluding carboxylic acids is 1. The fourth-order valence-electron chi connectivity index (χ4n) is 6.19. The van der Waals surface area contributed by atoms with Crippen LogP contribution in [0, 0.1) is 0 Å². The quantitative estimate of drug-likeness (QED) is 0.152. The number of unbranched alkanes of at least 4 members (excludes halogenated alkanes) is 1. The zero-order chi connectivity index (χ0) is 32.8. The topological polar surface area (TPSA) is 112 Å². The average Bonchev–Trinajstić information content (AvgIpc) is 3.46.